The summed E-state index contributed by atoms with van der Waals surface area (Å²) in [5, 5.41) is 5.92. The summed E-state index contributed by atoms with van der Waals surface area (Å²) in [5.74, 6) is -0.409. The molecular formula is C29H47N3O4S. The summed E-state index contributed by atoms with van der Waals surface area (Å²) in [6.45, 7) is 9.84. The van der Waals surface area contributed by atoms with Crippen molar-refractivity contribution in [1.29, 1.82) is 0 Å². The molecule has 1 aliphatic carbocycles. The molecule has 37 heavy (non-hydrogen) atoms. The van der Waals surface area contributed by atoms with Crippen LogP contribution in [0.25, 0.3) is 0 Å². The summed E-state index contributed by atoms with van der Waals surface area (Å²) < 4.78 is 5.39. The molecule has 1 aromatic carbocycles. The van der Waals surface area contributed by atoms with Gasteiger partial charge in [-0.25, -0.2) is 4.79 Å². The fraction of sp³-hybridized carbons (Fsp3) is 0.690. The van der Waals surface area contributed by atoms with Crippen LogP contribution in [0.1, 0.15) is 103 Å². The van der Waals surface area contributed by atoms with Crippen molar-refractivity contribution < 1.29 is 19.1 Å². The van der Waals surface area contributed by atoms with Crippen LogP contribution in [0, 0.1) is 6.92 Å². The minimum absolute atomic E-state index is 0.0916. The number of unbranched alkanes of at least 4 members (excludes halogenated alkanes) is 3. The van der Waals surface area contributed by atoms with Crippen molar-refractivity contribution in [2.75, 3.05) is 12.3 Å². The highest BCUT2D eigenvalue weighted by molar-refractivity contribution is 7.80. The molecule has 2 N–H and O–H groups in total. The molecule has 0 heterocycles. The van der Waals surface area contributed by atoms with Crippen molar-refractivity contribution in [2.45, 2.75) is 116 Å². The van der Waals surface area contributed by atoms with Gasteiger partial charge in [-0.05, 0) is 52.5 Å². The lowest BCUT2D eigenvalue weighted by molar-refractivity contribution is -0.142. The molecule has 0 aliphatic heterocycles. The summed E-state index contributed by atoms with van der Waals surface area (Å²) in [6.07, 6.45) is 8.46. The largest absolute Gasteiger partial charge is 0.444 e. The Bertz CT molecular complexity index is 880. The van der Waals surface area contributed by atoms with Crippen molar-refractivity contribution in [3.63, 3.8) is 0 Å². The summed E-state index contributed by atoms with van der Waals surface area (Å²) in [5.41, 5.74) is 1.09. The molecule has 0 radical (unpaired) electrons. The zero-order valence-corrected chi connectivity index (χ0v) is 24.2. The van der Waals surface area contributed by atoms with Gasteiger partial charge < -0.3 is 20.3 Å². The fourth-order valence-electron chi connectivity index (χ4n) is 4.75. The van der Waals surface area contributed by atoms with E-state index in [1.807, 2.05) is 31.2 Å². The van der Waals surface area contributed by atoms with Gasteiger partial charge in [0.05, 0.1) is 0 Å². The average Bonchev–Trinajstić information content (AvgIpc) is 2.83. The number of thiol groups is 1. The lowest BCUT2D eigenvalue weighted by atomic mass is 9.94. The van der Waals surface area contributed by atoms with Gasteiger partial charge in [0.2, 0.25) is 11.8 Å². The predicted octanol–water partition coefficient (Wildman–Crippen LogP) is 5.72. The molecule has 1 aliphatic rings. The molecule has 7 nitrogen and oxygen atoms in total. The second-order valence-electron chi connectivity index (χ2n) is 11.1. The molecule has 0 aromatic heterocycles. The molecule has 1 saturated carbocycles. The number of rotatable bonds is 12. The van der Waals surface area contributed by atoms with Crippen LogP contribution in [-0.4, -0.2) is 52.8 Å². The highest BCUT2D eigenvalue weighted by Crippen LogP contribution is 2.26. The Hall–Kier alpha value is -2.22. The number of nitrogens with zero attached hydrogens (tertiary/aromatic N) is 1. The lowest BCUT2D eigenvalue weighted by Gasteiger charge is -2.35. The molecule has 0 spiro atoms. The van der Waals surface area contributed by atoms with E-state index in [-0.39, 0.29) is 23.6 Å². The average molecular weight is 534 g/mol. The van der Waals surface area contributed by atoms with E-state index in [1.54, 1.807) is 25.7 Å². The minimum Gasteiger partial charge on any atom is -0.444 e. The fourth-order valence-corrected chi connectivity index (χ4v) is 5.00. The molecule has 0 saturated heterocycles. The van der Waals surface area contributed by atoms with E-state index in [4.69, 9.17) is 4.74 Å². The van der Waals surface area contributed by atoms with Gasteiger partial charge in [0, 0.05) is 18.3 Å². The molecule has 1 aromatic rings. The van der Waals surface area contributed by atoms with Gasteiger partial charge in [-0.15, -0.1) is 0 Å². The van der Waals surface area contributed by atoms with Crippen LogP contribution in [0.4, 0.5) is 4.79 Å². The minimum atomic E-state index is -0.917. The first kappa shape index (κ1) is 31.0. The summed E-state index contributed by atoms with van der Waals surface area (Å²) in [4.78, 5) is 42.0. The van der Waals surface area contributed by atoms with E-state index in [9.17, 15) is 14.4 Å². The quantitative estimate of drug-likeness (QED) is 0.237. The van der Waals surface area contributed by atoms with Crippen LogP contribution in [0.5, 0.6) is 0 Å². The maximum atomic E-state index is 14.0. The highest BCUT2D eigenvalue weighted by Gasteiger charge is 2.36. The highest BCUT2D eigenvalue weighted by atomic mass is 32.1. The van der Waals surface area contributed by atoms with Crippen LogP contribution in [0.3, 0.4) is 0 Å². The Balaban J connectivity index is 2.39. The number of hydrogen-bond donors (Lipinski definition) is 3. The van der Waals surface area contributed by atoms with Gasteiger partial charge in [-0.3, -0.25) is 9.59 Å². The molecule has 2 atom stereocenters. The smallest absolute Gasteiger partial charge is 0.408 e. The number of alkyl carbamates (subject to hydrolysis) is 1. The molecule has 2 unspecified atom stereocenters. The Kier molecular flexibility index (Phi) is 12.8. The molecule has 8 heteroatoms. The van der Waals surface area contributed by atoms with Crippen LogP contribution in [0.2, 0.25) is 0 Å². The number of aryl methyl sites for hydroxylation is 1. The predicted molar refractivity (Wildman–Crippen MR) is 152 cm³/mol. The first-order valence-corrected chi connectivity index (χ1v) is 14.5. The van der Waals surface area contributed by atoms with E-state index in [1.165, 1.54) is 6.42 Å². The van der Waals surface area contributed by atoms with E-state index in [2.05, 4.69) is 30.2 Å². The monoisotopic (exact) mass is 533 g/mol. The molecule has 2 rings (SSSR count). The van der Waals surface area contributed by atoms with Gasteiger partial charge in [0.1, 0.15) is 17.7 Å². The molecule has 1 fully saturated rings. The van der Waals surface area contributed by atoms with Crippen molar-refractivity contribution in [3.05, 3.63) is 35.4 Å². The maximum Gasteiger partial charge on any atom is 0.408 e. The number of benzene rings is 1. The van der Waals surface area contributed by atoms with Gasteiger partial charge in [0.15, 0.2) is 0 Å². The summed E-state index contributed by atoms with van der Waals surface area (Å²) in [6, 6.07) is 6.17. The van der Waals surface area contributed by atoms with Crippen LogP contribution < -0.4 is 10.6 Å². The first-order valence-electron chi connectivity index (χ1n) is 13.8. The number of amides is 3. The number of carbonyl (C=O) groups is 3. The SMILES string of the molecule is CCCCCCN(C(=O)C(CS)NC(=O)OC(C)(C)C)C(C(=O)NC1CCCCC1)c1cccc(C)c1. The van der Waals surface area contributed by atoms with Gasteiger partial charge in [-0.1, -0.05) is 75.3 Å². The summed E-state index contributed by atoms with van der Waals surface area (Å²) in [7, 11) is 0. The number of hydrogen-bond acceptors (Lipinski definition) is 5. The van der Waals surface area contributed by atoms with Gasteiger partial charge in [-0.2, -0.15) is 12.6 Å². The second kappa shape index (κ2) is 15.3. The van der Waals surface area contributed by atoms with Crippen LogP contribution in [-0.2, 0) is 14.3 Å². The van der Waals surface area contributed by atoms with Gasteiger partial charge >= 0.3 is 6.09 Å². The zero-order valence-electron chi connectivity index (χ0n) is 23.3. The van der Waals surface area contributed by atoms with Crippen molar-refractivity contribution >= 4 is 30.5 Å². The Morgan fingerprint density at radius 2 is 1.81 bits per heavy atom. The molecule has 0 bridgehead atoms. The Morgan fingerprint density at radius 3 is 2.41 bits per heavy atom. The number of nitrogens with one attached hydrogen (secondary N) is 2. The van der Waals surface area contributed by atoms with Crippen LogP contribution in [0.15, 0.2) is 24.3 Å². The maximum absolute atomic E-state index is 14.0. The molecule has 208 valence electrons. The third kappa shape index (κ3) is 10.6. The van der Waals surface area contributed by atoms with E-state index < -0.39 is 23.8 Å². The zero-order chi connectivity index (χ0) is 27.4. The second-order valence-corrected chi connectivity index (χ2v) is 11.5. The van der Waals surface area contributed by atoms with Crippen molar-refractivity contribution in [1.82, 2.24) is 15.5 Å². The van der Waals surface area contributed by atoms with Crippen molar-refractivity contribution in [2.24, 2.45) is 0 Å². The topological polar surface area (TPSA) is 87.7 Å². The third-order valence-electron chi connectivity index (χ3n) is 6.58. The van der Waals surface area contributed by atoms with E-state index >= 15 is 0 Å². The Labute approximate surface area is 228 Å². The van der Waals surface area contributed by atoms with E-state index in [0.717, 1.165) is 62.5 Å². The first-order chi connectivity index (χ1) is 17.6. The van der Waals surface area contributed by atoms with Crippen LogP contribution >= 0.6 is 12.6 Å². The third-order valence-corrected chi connectivity index (χ3v) is 6.94. The van der Waals surface area contributed by atoms with E-state index in [0.29, 0.717) is 6.54 Å². The molecular weight excluding hydrogens is 486 g/mol. The van der Waals surface area contributed by atoms with Gasteiger partial charge in [0.25, 0.3) is 0 Å². The normalized spacial score (nSPS) is 15.9. The Morgan fingerprint density at radius 1 is 1.11 bits per heavy atom. The summed E-state index contributed by atoms with van der Waals surface area (Å²) >= 11 is 4.37. The van der Waals surface area contributed by atoms with Crippen molar-refractivity contribution in [3.8, 4) is 0 Å². The standard InChI is InChI=1S/C29H47N3O4S/c1-6-7-8-12-18-32(27(34)24(20-37)31-28(35)36-29(3,4)5)25(22-15-13-14-21(2)19-22)26(33)30-23-16-10-9-11-17-23/h13-15,19,23-25,37H,6-12,16-18,20H2,1-5H3,(H,30,33)(H,31,35). The number of carbonyl (C=O) groups excluding carboxylic acids is 3. The molecule has 3 amide bonds. The lowest BCUT2D eigenvalue weighted by Crippen LogP contribution is -2.54. The number of ether oxygens (including phenoxy) is 1.